The first-order valence-electron chi connectivity index (χ1n) is 5.45. The van der Waals surface area contributed by atoms with Gasteiger partial charge in [0, 0.05) is 17.7 Å². The molecule has 1 amide bonds. The van der Waals surface area contributed by atoms with E-state index in [4.69, 9.17) is 16.7 Å². The molecule has 1 unspecified atom stereocenters. The van der Waals surface area contributed by atoms with Gasteiger partial charge in [-0.05, 0) is 38.0 Å². The molecule has 5 heteroatoms. The third-order valence-electron chi connectivity index (χ3n) is 2.38. The number of aliphatic hydroxyl groups is 1. The molecule has 1 aromatic carbocycles. The second-order valence-corrected chi connectivity index (χ2v) is 4.34. The molecule has 0 saturated carbocycles. The maximum absolute atomic E-state index is 11.8. The van der Waals surface area contributed by atoms with Crippen molar-refractivity contribution < 1.29 is 15.0 Å². The van der Waals surface area contributed by atoms with Crippen LogP contribution in [0.1, 0.15) is 30.1 Å². The van der Waals surface area contributed by atoms with Crippen LogP contribution in [0, 0.1) is 0 Å². The molecule has 4 nitrogen and oxygen atoms in total. The van der Waals surface area contributed by atoms with Crippen molar-refractivity contribution in [2.75, 3.05) is 6.61 Å². The van der Waals surface area contributed by atoms with Crippen LogP contribution in [0.2, 0.25) is 5.02 Å². The molecule has 1 rings (SSSR count). The second kappa shape index (κ2) is 6.47. The minimum absolute atomic E-state index is 0.0512. The summed E-state index contributed by atoms with van der Waals surface area (Å²) in [6.45, 7) is 1.95. The van der Waals surface area contributed by atoms with Gasteiger partial charge in [0.25, 0.3) is 5.91 Å². The zero-order valence-corrected chi connectivity index (χ0v) is 10.4. The summed E-state index contributed by atoms with van der Waals surface area (Å²) in [5.41, 5.74) is 0.199. The average molecular weight is 258 g/mol. The molecule has 3 N–H and O–H groups in total. The Kier molecular flexibility index (Phi) is 5.25. The van der Waals surface area contributed by atoms with Crippen LogP contribution >= 0.6 is 11.6 Å². The lowest BCUT2D eigenvalue weighted by Gasteiger charge is -2.13. The van der Waals surface area contributed by atoms with Gasteiger partial charge in [0.2, 0.25) is 0 Å². The molecular formula is C12H16ClNO3. The summed E-state index contributed by atoms with van der Waals surface area (Å²) in [6.07, 6.45) is 1.32. The summed E-state index contributed by atoms with van der Waals surface area (Å²) < 4.78 is 0. The van der Waals surface area contributed by atoms with Crippen molar-refractivity contribution in [3.8, 4) is 5.75 Å². The summed E-state index contributed by atoms with van der Waals surface area (Å²) in [7, 11) is 0. The third-order valence-corrected chi connectivity index (χ3v) is 2.61. The van der Waals surface area contributed by atoms with Crippen LogP contribution in [0.15, 0.2) is 18.2 Å². The van der Waals surface area contributed by atoms with Gasteiger partial charge >= 0.3 is 0 Å². The number of phenolic OH excluding ortho intramolecular Hbond substituents is 1. The standard InChI is InChI=1S/C12H16ClNO3/c1-8(3-2-6-15)14-12(17)10-5-4-9(13)7-11(10)16/h4-5,7-8,15-16H,2-3,6H2,1H3,(H,14,17). The second-order valence-electron chi connectivity index (χ2n) is 3.90. The van der Waals surface area contributed by atoms with Crippen LogP contribution in [0.25, 0.3) is 0 Å². The maximum Gasteiger partial charge on any atom is 0.255 e. The smallest absolute Gasteiger partial charge is 0.255 e. The van der Waals surface area contributed by atoms with Gasteiger partial charge in [-0.2, -0.15) is 0 Å². The van der Waals surface area contributed by atoms with Crippen molar-refractivity contribution in [1.29, 1.82) is 0 Å². The molecule has 0 fully saturated rings. The van der Waals surface area contributed by atoms with Gasteiger partial charge < -0.3 is 15.5 Å². The van der Waals surface area contributed by atoms with E-state index in [1.54, 1.807) is 6.07 Å². The van der Waals surface area contributed by atoms with Gasteiger partial charge in [-0.1, -0.05) is 11.6 Å². The number of carbonyl (C=O) groups is 1. The van der Waals surface area contributed by atoms with E-state index in [1.807, 2.05) is 6.92 Å². The molecule has 94 valence electrons. The summed E-state index contributed by atoms with van der Waals surface area (Å²) in [5, 5.41) is 21.4. The van der Waals surface area contributed by atoms with Gasteiger partial charge in [-0.25, -0.2) is 0 Å². The van der Waals surface area contributed by atoms with Gasteiger partial charge in [0.15, 0.2) is 0 Å². The van der Waals surface area contributed by atoms with Crippen LogP contribution in [-0.4, -0.2) is 28.8 Å². The Balaban J connectivity index is 2.63. The van der Waals surface area contributed by atoms with E-state index in [9.17, 15) is 9.90 Å². The number of nitrogens with one attached hydrogen (secondary N) is 1. The van der Waals surface area contributed by atoms with E-state index in [0.29, 0.717) is 17.9 Å². The van der Waals surface area contributed by atoms with E-state index >= 15 is 0 Å². The highest BCUT2D eigenvalue weighted by atomic mass is 35.5. The molecule has 0 heterocycles. The SMILES string of the molecule is CC(CCCO)NC(=O)c1ccc(Cl)cc1O. The zero-order chi connectivity index (χ0) is 12.8. The molecule has 0 bridgehead atoms. The largest absolute Gasteiger partial charge is 0.507 e. The predicted molar refractivity (Wildman–Crippen MR) is 66.4 cm³/mol. The molecule has 17 heavy (non-hydrogen) atoms. The van der Waals surface area contributed by atoms with Crippen LogP contribution in [-0.2, 0) is 0 Å². The lowest BCUT2D eigenvalue weighted by atomic mass is 10.1. The molecule has 0 radical (unpaired) electrons. The first-order valence-corrected chi connectivity index (χ1v) is 5.82. The van der Waals surface area contributed by atoms with Gasteiger partial charge in [-0.15, -0.1) is 0 Å². The quantitative estimate of drug-likeness (QED) is 0.755. The van der Waals surface area contributed by atoms with Crippen molar-refractivity contribution in [2.45, 2.75) is 25.8 Å². The number of aliphatic hydroxyl groups excluding tert-OH is 1. The minimum atomic E-state index is -0.343. The number of carbonyl (C=O) groups excluding carboxylic acids is 1. The summed E-state index contributed by atoms with van der Waals surface area (Å²) in [4.78, 5) is 11.8. The Bertz CT molecular complexity index is 395. The van der Waals surface area contributed by atoms with Gasteiger partial charge in [-0.3, -0.25) is 4.79 Å². The van der Waals surface area contributed by atoms with Crippen LogP contribution in [0.5, 0.6) is 5.75 Å². The number of hydrogen-bond acceptors (Lipinski definition) is 3. The number of amides is 1. The van der Waals surface area contributed by atoms with Crippen molar-refractivity contribution in [3.05, 3.63) is 28.8 Å². The number of aromatic hydroxyl groups is 1. The highest BCUT2D eigenvalue weighted by Crippen LogP contribution is 2.21. The lowest BCUT2D eigenvalue weighted by Crippen LogP contribution is -2.32. The first kappa shape index (κ1) is 13.8. The van der Waals surface area contributed by atoms with Gasteiger partial charge in [0.1, 0.15) is 5.75 Å². The topological polar surface area (TPSA) is 69.6 Å². The molecule has 0 aliphatic heterocycles. The number of benzene rings is 1. The van der Waals surface area contributed by atoms with E-state index < -0.39 is 0 Å². The van der Waals surface area contributed by atoms with Crippen LogP contribution in [0.3, 0.4) is 0 Å². The lowest BCUT2D eigenvalue weighted by molar-refractivity contribution is 0.0934. The van der Waals surface area contributed by atoms with Gasteiger partial charge in [0.05, 0.1) is 5.56 Å². The molecular weight excluding hydrogens is 242 g/mol. The Morgan fingerprint density at radius 3 is 2.82 bits per heavy atom. The Morgan fingerprint density at radius 1 is 1.53 bits per heavy atom. The molecule has 0 aliphatic carbocycles. The van der Waals surface area contributed by atoms with Crippen LogP contribution < -0.4 is 5.32 Å². The van der Waals surface area contributed by atoms with Crippen molar-refractivity contribution in [2.24, 2.45) is 0 Å². The minimum Gasteiger partial charge on any atom is -0.507 e. The summed E-state index contributed by atoms with van der Waals surface area (Å²) in [5.74, 6) is -0.478. The molecule has 1 aromatic rings. The monoisotopic (exact) mass is 257 g/mol. The first-order chi connectivity index (χ1) is 8.04. The number of hydrogen-bond donors (Lipinski definition) is 3. The van der Waals surface area contributed by atoms with E-state index in [1.165, 1.54) is 12.1 Å². The average Bonchev–Trinajstić information content (AvgIpc) is 2.26. The zero-order valence-electron chi connectivity index (χ0n) is 9.61. The molecule has 1 atom stereocenters. The molecule has 0 aliphatic rings. The fourth-order valence-corrected chi connectivity index (χ4v) is 1.63. The van der Waals surface area contributed by atoms with Crippen molar-refractivity contribution in [3.63, 3.8) is 0 Å². The Hall–Kier alpha value is -1.26. The van der Waals surface area contributed by atoms with Crippen molar-refractivity contribution in [1.82, 2.24) is 5.32 Å². The Morgan fingerprint density at radius 2 is 2.24 bits per heavy atom. The molecule has 0 aromatic heterocycles. The number of halogens is 1. The van der Waals surface area contributed by atoms with E-state index in [2.05, 4.69) is 5.32 Å². The molecule has 0 spiro atoms. The number of rotatable bonds is 5. The van der Waals surface area contributed by atoms with Crippen LogP contribution in [0.4, 0.5) is 0 Å². The third kappa shape index (κ3) is 4.24. The highest BCUT2D eigenvalue weighted by Gasteiger charge is 2.13. The summed E-state index contributed by atoms with van der Waals surface area (Å²) in [6, 6.07) is 4.31. The fourth-order valence-electron chi connectivity index (χ4n) is 1.47. The maximum atomic E-state index is 11.8. The normalized spacial score (nSPS) is 12.2. The molecule has 0 saturated heterocycles. The number of phenols is 1. The fraction of sp³-hybridized carbons (Fsp3) is 0.417. The van der Waals surface area contributed by atoms with E-state index in [-0.39, 0.29) is 29.9 Å². The Labute approximate surface area is 105 Å². The highest BCUT2D eigenvalue weighted by molar-refractivity contribution is 6.30. The summed E-state index contributed by atoms with van der Waals surface area (Å²) >= 11 is 5.68. The van der Waals surface area contributed by atoms with Crippen molar-refractivity contribution >= 4 is 17.5 Å². The predicted octanol–water partition coefficient (Wildman–Crippen LogP) is 1.94. The van der Waals surface area contributed by atoms with E-state index in [0.717, 1.165) is 0 Å².